The zero-order valence-electron chi connectivity index (χ0n) is 18.6. The van der Waals surface area contributed by atoms with Gasteiger partial charge in [0, 0.05) is 16.8 Å². The third-order valence-corrected chi connectivity index (χ3v) is 6.63. The largest absolute Gasteiger partial charge is 0.478 e. The van der Waals surface area contributed by atoms with Crippen LogP contribution in [0.2, 0.25) is 0 Å². The summed E-state index contributed by atoms with van der Waals surface area (Å²) in [6.45, 7) is 1.88. The van der Waals surface area contributed by atoms with E-state index in [1.54, 1.807) is 60.7 Å². The molecule has 0 spiro atoms. The maximum absolute atomic E-state index is 13.2. The lowest BCUT2D eigenvalue weighted by Gasteiger charge is -2.08. The molecule has 7 heteroatoms. The number of aromatic carboxylic acids is 1. The van der Waals surface area contributed by atoms with E-state index in [9.17, 15) is 22.7 Å². The second-order valence-corrected chi connectivity index (χ2v) is 9.50. The third-order valence-electron chi connectivity index (χ3n) is 5.24. The highest BCUT2D eigenvalue weighted by Gasteiger charge is 2.14. The molecule has 0 saturated carbocycles. The average Bonchev–Trinajstić information content (AvgIpc) is 2.84. The number of aryl methyl sites for hydroxylation is 1. The van der Waals surface area contributed by atoms with Crippen molar-refractivity contribution in [1.82, 2.24) is 0 Å². The van der Waals surface area contributed by atoms with Crippen LogP contribution in [0.25, 0.3) is 11.1 Å². The molecule has 0 amide bonds. The highest BCUT2D eigenvalue weighted by Crippen LogP contribution is 2.23. The SMILES string of the molecule is Cc1ccc(S(=O)(=O)Nc2ccc(C#Cc3cc(-c4ccc(F)cc4)ccc3C(=O)O)cc2)cc1. The van der Waals surface area contributed by atoms with E-state index in [1.807, 2.05) is 6.92 Å². The van der Waals surface area contributed by atoms with Crippen LogP contribution in [-0.4, -0.2) is 19.5 Å². The Bertz CT molecular complexity index is 1550. The number of halogens is 1. The highest BCUT2D eigenvalue weighted by atomic mass is 32.2. The van der Waals surface area contributed by atoms with E-state index in [-0.39, 0.29) is 16.3 Å². The third kappa shape index (κ3) is 5.75. The van der Waals surface area contributed by atoms with Gasteiger partial charge in [-0.25, -0.2) is 17.6 Å². The molecule has 174 valence electrons. The van der Waals surface area contributed by atoms with Crippen molar-refractivity contribution in [2.75, 3.05) is 4.72 Å². The Hall–Kier alpha value is -4.41. The van der Waals surface area contributed by atoms with Crippen LogP contribution in [0.5, 0.6) is 0 Å². The van der Waals surface area contributed by atoms with Crippen LogP contribution in [0.1, 0.15) is 27.0 Å². The number of sulfonamides is 1. The zero-order valence-corrected chi connectivity index (χ0v) is 19.4. The number of carboxylic acid groups (broad SMARTS) is 1. The average molecular weight is 486 g/mol. The topological polar surface area (TPSA) is 83.5 Å². The predicted molar refractivity (Wildman–Crippen MR) is 133 cm³/mol. The van der Waals surface area contributed by atoms with E-state index >= 15 is 0 Å². The second kappa shape index (κ2) is 9.84. The van der Waals surface area contributed by atoms with Crippen LogP contribution in [0.3, 0.4) is 0 Å². The predicted octanol–water partition coefficient (Wildman–Crippen LogP) is 5.70. The molecule has 0 heterocycles. The van der Waals surface area contributed by atoms with Crippen molar-refractivity contribution in [3.8, 4) is 23.0 Å². The number of hydrogen-bond acceptors (Lipinski definition) is 3. The van der Waals surface area contributed by atoms with Crippen molar-refractivity contribution in [1.29, 1.82) is 0 Å². The zero-order chi connectivity index (χ0) is 25.0. The summed E-state index contributed by atoms with van der Waals surface area (Å²) in [7, 11) is -3.72. The molecule has 0 bridgehead atoms. The smallest absolute Gasteiger partial charge is 0.336 e. The van der Waals surface area contributed by atoms with Crippen molar-refractivity contribution in [2.45, 2.75) is 11.8 Å². The molecule has 0 unspecified atom stereocenters. The number of benzene rings is 4. The van der Waals surface area contributed by atoms with Crippen molar-refractivity contribution >= 4 is 21.7 Å². The summed E-state index contributed by atoms with van der Waals surface area (Å²) in [6, 6.07) is 23.6. The molecule has 0 aliphatic heterocycles. The van der Waals surface area contributed by atoms with E-state index < -0.39 is 16.0 Å². The quantitative estimate of drug-likeness (QED) is 0.355. The maximum Gasteiger partial charge on any atom is 0.336 e. The Balaban J connectivity index is 1.58. The summed E-state index contributed by atoms with van der Waals surface area (Å²) in [5.41, 5.74) is 3.71. The van der Waals surface area contributed by atoms with E-state index in [0.717, 1.165) is 11.1 Å². The molecule has 0 aliphatic carbocycles. The molecular weight excluding hydrogens is 465 g/mol. The lowest BCUT2D eigenvalue weighted by molar-refractivity contribution is 0.0696. The van der Waals surface area contributed by atoms with Crippen molar-refractivity contribution in [3.63, 3.8) is 0 Å². The number of carboxylic acids is 1. The normalized spacial score (nSPS) is 10.8. The number of hydrogen-bond donors (Lipinski definition) is 2. The van der Waals surface area contributed by atoms with Gasteiger partial charge in [0.15, 0.2) is 0 Å². The van der Waals surface area contributed by atoms with Crippen LogP contribution >= 0.6 is 0 Å². The molecule has 4 aromatic rings. The fraction of sp³-hybridized carbons (Fsp3) is 0.0357. The minimum atomic E-state index is -3.72. The van der Waals surface area contributed by atoms with E-state index in [2.05, 4.69) is 16.6 Å². The molecule has 0 aliphatic rings. The molecule has 0 radical (unpaired) electrons. The van der Waals surface area contributed by atoms with Gasteiger partial charge in [-0.15, -0.1) is 0 Å². The summed E-state index contributed by atoms with van der Waals surface area (Å²) in [4.78, 5) is 11.8. The van der Waals surface area contributed by atoms with E-state index in [0.29, 0.717) is 22.4 Å². The fourth-order valence-corrected chi connectivity index (χ4v) is 4.41. The van der Waals surface area contributed by atoms with Gasteiger partial charge in [0.05, 0.1) is 10.5 Å². The Labute approximate surface area is 202 Å². The van der Waals surface area contributed by atoms with Gasteiger partial charge in [0.2, 0.25) is 0 Å². The van der Waals surface area contributed by atoms with E-state index in [1.165, 1.54) is 30.3 Å². The minimum Gasteiger partial charge on any atom is -0.478 e. The van der Waals surface area contributed by atoms with Crippen LogP contribution in [0.4, 0.5) is 10.1 Å². The van der Waals surface area contributed by atoms with Gasteiger partial charge in [0.1, 0.15) is 5.82 Å². The molecule has 2 N–H and O–H groups in total. The van der Waals surface area contributed by atoms with Crippen LogP contribution in [0, 0.1) is 24.6 Å². The molecule has 5 nitrogen and oxygen atoms in total. The first-order valence-electron chi connectivity index (χ1n) is 10.6. The van der Waals surface area contributed by atoms with Crippen molar-refractivity contribution in [3.05, 3.63) is 119 Å². The van der Waals surface area contributed by atoms with Gasteiger partial charge in [-0.1, -0.05) is 47.7 Å². The standard InChI is InChI=1S/C28H20FNO4S/c1-19-2-15-26(16-3-19)35(33,34)30-25-13-5-20(6-14-25)4-7-23-18-22(10-17-27(23)28(31)32)21-8-11-24(29)12-9-21/h2-3,5-6,8-18,30H,1H3,(H,31,32). The lowest BCUT2D eigenvalue weighted by Crippen LogP contribution is -2.12. The Morgan fingerprint density at radius 1 is 0.829 bits per heavy atom. The molecule has 0 saturated heterocycles. The number of rotatable bonds is 5. The summed E-state index contributed by atoms with van der Waals surface area (Å²) in [5.74, 6) is 4.34. The van der Waals surface area contributed by atoms with E-state index in [4.69, 9.17) is 0 Å². The van der Waals surface area contributed by atoms with Gasteiger partial charge < -0.3 is 5.11 Å². The summed E-state index contributed by atoms with van der Waals surface area (Å²) < 4.78 is 40.9. The molecule has 4 rings (SSSR count). The van der Waals surface area contributed by atoms with Crippen molar-refractivity contribution < 1.29 is 22.7 Å². The lowest BCUT2D eigenvalue weighted by atomic mass is 9.99. The molecule has 0 atom stereocenters. The maximum atomic E-state index is 13.2. The number of carbonyl (C=O) groups is 1. The molecule has 4 aromatic carbocycles. The molecular formula is C28H20FNO4S. The van der Waals surface area contributed by atoms with Crippen LogP contribution in [-0.2, 0) is 10.0 Å². The molecule has 0 aromatic heterocycles. The number of nitrogens with one attached hydrogen (secondary N) is 1. The summed E-state index contributed by atoms with van der Waals surface area (Å²) >= 11 is 0. The second-order valence-electron chi connectivity index (χ2n) is 7.82. The van der Waals surface area contributed by atoms with Gasteiger partial charge >= 0.3 is 5.97 Å². The van der Waals surface area contributed by atoms with Crippen molar-refractivity contribution in [2.24, 2.45) is 0 Å². The van der Waals surface area contributed by atoms with Gasteiger partial charge in [-0.05, 0) is 78.7 Å². The summed E-state index contributed by atoms with van der Waals surface area (Å²) in [6.07, 6.45) is 0. The molecule has 35 heavy (non-hydrogen) atoms. The number of anilines is 1. The van der Waals surface area contributed by atoms with Gasteiger partial charge in [0.25, 0.3) is 10.0 Å². The Kier molecular flexibility index (Phi) is 6.67. The minimum absolute atomic E-state index is 0.0471. The van der Waals surface area contributed by atoms with Crippen LogP contribution < -0.4 is 4.72 Å². The first kappa shape index (κ1) is 23.7. The van der Waals surface area contributed by atoms with Gasteiger partial charge in [-0.2, -0.15) is 0 Å². The Morgan fingerprint density at radius 3 is 2.09 bits per heavy atom. The van der Waals surface area contributed by atoms with Gasteiger partial charge in [-0.3, -0.25) is 4.72 Å². The summed E-state index contributed by atoms with van der Waals surface area (Å²) in [5, 5.41) is 9.53. The fourth-order valence-electron chi connectivity index (χ4n) is 3.35. The highest BCUT2D eigenvalue weighted by molar-refractivity contribution is 7.92. The molecule has 0 fully saturated rings. The first-order valence-corrected chi connectivity index (χ1v) is 12.0. The Morgan fingerprint density at radius 2 is 1.46 bits per heavy atom. The first-order chi connectivity index (χ1) is 16.7. The monoisotopic (exact) mass is 485 g/mol. The van der Waals surface area contributed by atoms with Crippen LogP contribution in [0.15, 0.2) is 95.9 Å².